The number of amides is 1. The number of pyridine rings is 1. The lowest BCUT2D eigenvalue weighted by Gasteiger charge is -2.35. The van der Waals surface area contributed by atoms with Gasteiger partial charge in [0.25, 0.3) is 0 Å². The summed E-state index contributed by atoms with van der Waals surface area (Å²) < 4.78 is 2.05. The lowest BCUT2D eigenvalue weighted by molar-refractivity contribution is -0.128. The molecule has 0 N–H and O–H groups in total. The van der Waals surface area contributed by atoms with Crippen LogP contribution in [0.5, 0.6) is 0 Å². The molecular formula is C22H25N5OS. The van der Waals surface area contributed by atoms with Gasteiger partial charge in [-0.05, 0) is 49.2 Å². The second-order valence-electron chi connectivity index (χ2n) is 7.27. The van der Waals surface area contributed by atoms with Gasteiger partial charge in [0.2, 0.25) is 5.91 Å². The molecule has 1 aliphatic rings. The Kier molecular flexibility index (Phi) is 5.85. The van der Waals surface area contributed by atoms with Crippen molar-refractivity contribution in [1.82, 2.24) is 19.4 Å². The molecule has 1 fully saturated rings. The van der Waals surface area contributed by atoms with Crippen LogP contribution in [0.15, 0.2) is 60.1 Å². The van der Waals surface area contributed by atoms with Gasteiger partial charge in [-0.15, -0.1) is 0 Å². The molecule has 1 aliphatic heterocycles. The van der Waals surface area contributed by atoms with E-state index < -0.39 is 0 Å². The summed E-state index contributed by atoms with van der Waals surface area (Å²) in [7, 11) is 0. The summed E-state index contributed by atoms with van der Waals surface area (Å²) in [5.41, 5.74) is 3.51. The summed E-state index contributed by atoms with van der Waals surface area (Å²) in [5, 5.41) is 0.843. The van der Waals surface area contributed by atoms with E-state index in [0.29, 0.717) is 5.75 Å². The van der Waals surface area contributed by atoms with E-state index in [1.165, 1.54) is 22.9 Å². The van der Waals surface area contributed by atoms with E-state index in [9.17, 15) is 4.79 Å². The number of benzene rings is 1. The van der Waals surface area contributed by atoms with Crippen molar-refractivity contribution in [2.24, 2.45) is 0 Å². The van der Waals surface area contributed by atoms with Gasteiger partial charge in [-0.25, -0.2) is 9.97 Å². The van der Waals surface area contributed by atoms with Crippen molar-refractivity contribution in [3.63, 3.8) is 0 Å². The average molecular weight is 408 g/mol. The van der Waals surface area contributed by atoms with Crippen LogP contribution < -0.4 is 4.90 Å². The third kappa shape index (κ3) is 4.62. The molecule has 1 aromatic carbocycles. The third-order valence-corrected chi connectivity index (χ3v) is 5.97. The average Bonchev–Trinajstić information content (AvgIpc) is 3.21. The van der Waals surface area contributed by atoms with Crippen molar-refractivity contribution < 1.29 is 4.79 Å². The van der Waals surface area contributed by atoms with Gasteiger partial charge in [0, 0.05) is 50.5 Å². The van der Waals surface area contributed by atoms with Gasteiger partial charge < -0.3 is 9.80 Å². The van der Waals surface area contributed by atoms with E-state index in [1.807, 2.05) is 29.3 Å². The number of aromatic nitrogens is 3. The van der Waals surface area contributed by atoms with Crippen LogP contribution in [0.2, 0.25) is 0 Å². The lowest BCUT2D eigenvalue weighted by atomic mass is 10.1. The Labute approximate surface area is 175 Å². The molecule has 3 heterocycles. The van der Waals surface area contributed by atoms with Crippen LogP contribution in [0.4, 0.5) is 5.82 Å². The van der Waals surface area contributed by atoms with Crippen molar-refractivity contribution in [3.8, 4) is 5.69 Å². The monoisotopic (exact) mass is 407 g/mol. The summed E-state index contributed by atoms with van der Waals surface area (Å²) >= 11 is 1.49. The van der Waals surface area contributed by atoms with Crippen LogP contribution in [0.1, 0.15) is 11.1 Å². The lowest BCUT2D eigenvalue weighted by Crippen LogP contribution is -2.49. The van der Waals surface area contributed by atoms with E-state index >= 15 is 0 Å². The number of imidazole rings is 1. The first-order valence-electron chi connectivity index (χ1n) is 9.79. The number of piperazine rings is 1. The number of nitrogens with zero attached hydrogens (tertiary/aromatic N) is 5. The predicted octanol–water partition coefficient (Wildman–Crippen LogP) is 3.33. The number of carbonyl (C=O) groups is 1. The quantitative estimate of drug-likeness (QED) is 0.608. The molecule has 0 spiro atoms. The second-order valence-corrected chi connectivity index (χ2v) is 8.21. The minimum atomic E-state index is 0.158. The molecule has 0 unspecified atom stereocenters. The fraction of sp³-hybridized carbons (Fsp3) is 0.318. The first-order valence-corrected chi connectivity index (χ1v) is 10.8. The Morgan fingerprint density at radius 2 is 1.76 bits per heavy atom. The molecule has 3 aromatic rings. The zero-order valence-corrected chi connectivity index (χ0v) is 17.6. The van der Waals surface area contributed by atoms with Crippen molar-refractivity contribution in [1.29, 1.82) is 0 Å². The van der Waals surface area contributed by atoms with E-state index in [-0.39, 0.29) is 5.91 Å². The Morgan fingerprint density at radius 1 is 1.00 bits per heavy atom. The molecule has 4 rings (SSSR count). The number of aryl methyl sites for hydroxylation is 2. The fourth-order valence-corrected chi connectivity index (χ4v) is 4.50. The highest BCUT2D eigenvalue weighted by Gasteiger charge is 2.22. The summed E-state index contributed by atoms with van der Waals surface area (Å²) in [4.78, 5) is 25.8. The largest absolute Gasteiger partial charge is 0.353 e. The number of hydrogen-bond acceptors (Lipinski definition) is 5. The maximum atomic E-state index is 12.7. The number of thioether (sulfide) groups is 1. The Balaban J connectivity index is 1.35. The Hall–Kier alpha value is -2.80. The highest BCUT2D eigenvalue weighted by molar-refractivity contribution is 7.99. The normalized spacial score (nSPS) is 14.3. The van der Waals surface area contributed by atoms with E-state index in [1.54, 1.807) is 12.4 Å². The van der Waals surface area contributed by atoms with Gasteiger partial charge in [0.1, 0.15) is 5.82 Å². The molecule has 2 aromatic heterocycles. The smallest absolute Gasteiger partial charge is 0.233 e. The van der Waals surface area contributed by atoms with Crippen LogP contribution in [-0.2, 0) is 4.79 Å². The third-order valence-electron chi connectivity index (χ3n) is 5.02. The first kappa shape index (κ1) is 19.5. The van der Waals surface area contributed by atoms with Crippen LogP contribution >= 0.6 is 11.8 Å². The number of anilines is 1. The molecule has 29 heavy (non-hydrogen) atoms. The molecule has 0 saturated carbocycles. The highest BCUT2D eigenvalue weighted by Crippen LogP contribution is 2.23. The Bertz CT molecular complexity index is 960. The van der Waals surface area contributed by atoms with Crippen molar-refractivity contribution in [2.45, 2.75) is 19.0 Å². The highest BCUT2D eigenvalue weighted by atomic mass is 32.2. The number of carbonyl (C=O) groups excluding carboxylic acids is 1. The summed E-state index contributed by atoms with van der Waals surface area (Å²) in [6.45, 7) is 7.25. The van der Waals surface area contributed by atoms with E-state index in [2.05, 4.69) is 51.5 Å². The molecule has 6 nitrogen and oxygen atoms in total. The van der Waals surface area contributed by atoms with Gasteiger partial charge in [0.15, 0.2) is 5.16 Å². The van der Waals surface area contributed by atoms with Crippen LogP contribution in [0.25, 0.3) is 5.69 Å². The summed E-state index contributed by atoms with van der Waals surface area (Å²) in [6, 6.07) is 12.4. The van der Waals surface area contributed by atoms with Gasteiger partial charge in [-0.2, -0.15) is 0 Å². The van der Waals surface area contributed by atoms with Crippen LogP contribution in [0, 0.1) is 13.8 Å². The maximum Gasteiger partial charge on any atom is 0.233 e. The van der Waals surface area contributed by atoms with Crippen molar-refractivity contribution >= 4 is 23.5 Å². The molecule has 1 amide bonds. The molecule has 7 heteroatoms. The van der Waals surface area contributed by atoms with Gasteiger partial charge in [-0.1, -0.05) is 23.9 Å². The minimum absolute atomic E-state index is 0.158. The van der Waals surface area contributed by atoms with Gasteiger partial charge in [0.05, 0.1) is 5.75 Å². The molecule has 0 radical (unpaired) electrons. The molecule has 0 bridgehead atoms. The minimum Gasteiger partial charge on any atom is -0.353 e. The van der Waals surface area contributed by atoms with Crippen LogP contribution in [-0.4, -0.2) is 57.3 Å². The van der Waals surface area contributed by atoms with Gasteiger partial charge >= 0.3 is 0 Å². The SMILES string of the molecule is Cc1cc(C)cc(-n2ccnc2SCC(=O)N2CCN(c3ccccn3)CC2)c1. The molecule has 0 aliphatic carbocycles. The molecular weight excluding hydrogens is 382 g/mol. The van der Waals surface area contributed by atoms with E-state index in [0.717, 1.165) is 42.8 Å². The topological polar surface area (TPSA) is 54.3 Å². The number of rotatable bonds is 5. The summed E-state index contributed by atoms with van der Waals surface area (Å²) in [5.74, 6) is 1.53. The van der Waals surface area contributed by atoms with Crippen molar-refractivity contribution in [3.05, 3.63) is 66.1 Å². The zero-order chi connectivity index (χ0) is 20.2. The zero-order valence-electron chi connectivity index (χ0n) is 16.8. The maximum absolute atomic E-state index is 12.7. The molecule has 1 saturated heterocycles. The van der Waals surface area contributed by atoms with E-state index in [4.69, 9.17) is 0 Å². The Morgan fingerprint density at radius 3 is 2.45 bits per heavy atom. The van der Waals surface area contributed by atoms with Gasteiger partial charge in [-0.3, -0.25) is 9.36 Å². The standard InChI is InChI=1S/C22H25N5OS/c1-17-13-18(2)15-19(14-17)27-8-7-24-22(27)29-16-21(28)26-11-9-25(10-12-26)20-5-3-4-6-23-20/h3-8,13-15H,9-12,16H2,1-2H3. The first-order chi connectivity index (χ1) is 14.1. The predicted molar refractivity (Wildman–Crippen MR) is 117 cm³/mol. The second kappa shape index (κ2) is 8.69. The fourth-order valence-electron chi connectivity index (χ4n) is 3.63. The molecule has 0 atom stereocenters. The van der Waals surface area contributed by atoms with Crippen molar-refractivity contribution in [2.75, 3.05) is 36.8 Å². The summed E-state index contributed by atoms with van der Waals surface area (Å²) in [6.07, 6.45) is 5.55. The molecule has 150 valence electrons. The van der Waals surface area contributed by atoms with Crippen LogP contribution in [0.3, 0.4) is 0 Å². The number of hydrogen-bond donors (Lipinski definition) is 0.